The van der Waals surface area contributed by atoms with E-state index in [4.69, 9.17) is 5.73 Å². The highest BCUT2D eigenvalue weighted by atomic mass is 15.6. The summed E-state index contributed by atoms with van der Waals surface area (Å²) in [7, 11) is 1.95. The molecule has 1 heterocycles. The maximum Gasteiger partial charge on any atom is 0.105 e. The van der Waals surface area contributed by atoms with Crippen LogP contribution in [0.15, 0.2) is 12.3 Å². The van der Waals surface area contributed by atoms with Crippen LogP contribution < -0.4 is 16.5 Å². The van der Waals surface area contributed by atoms with E-state index >= 15 is 0 Å². The molecule has 0 radical (unpaired) electrons. The Hall–Kier alpha value is -0.580. The van der Waals surface area contributed by atoms with Crippen molar-refractivity contribution in [3.8, 4) is 0 Å². The Morgan fingerprint density at radius 2 is 2.36 bits per heavy atom. The quantitative estimate of drug-likeness (QED) is 0.474. The summed E-state index contributed by atoms with van der Waals surface area (Å²) in [5, 5.41) is 5.08. The van der Waals surface area contributed by atoms with E-state index in [1.54, 1.807) is 0 Å². The van der Waals surface area contributed by atoms with Crippen molar-refractivity contribution in [2.75, 3.05) is 7.05 Å². The average molecular weight is 156 g/mol. The van der Waals surface area contributed by atoms with Gasteiger partial charge in [-0.15, -0.1) is 0 Å². The number of hydrazine groups is 1. The molecule has 0 aromatic rings. The van der Waals surface area contributed by atoms with E-state index in [2.05, 4.69) is 10.7 Å². The number of hydrogen-bond acceptors (Lipinski definition) is 4. The SMILES string of the molecule is CC(N)NC1(C)C=CN(C)N1. The molecule has 0 saturated carbocycles. The summed E-state index contributed by atoms with van der Waals surface area (Å²) in [5.74, 6) is 0. The molecule has 1 aliphatic rings. The first kappa shape index (κ1) is 8.52. The second kappa shape index (κ2) is 2.81. The fourth-order valence-electron chi connectivity index (χ4n) is 1.26. The van der Waals surface area contributed by atoms with Crippen molar-refractivity contribution >= 4 is 0 Å². The second-order valence-corrected chi connectivity index (χ2v) is 3.17. The third-order valence-electron chi connectivity index (χ3n) is 1.57. The molecule has 1 rings (SSSR count). The van der Waals surface area contributed by atoms with Crippen molar-refractivity contribution < 1.29 is 0 Å². The summed E-state index contributed by atoms with van der Waals surface area (Å²) >= 11 is 0. The van der Waals surface area contributed by atoms with Crippen molar-refractivity contribution in [1.29, 1.82) is 0 Å². The highest BCUT2D eigenvalue weighted by Gasteiger charge is 2.26. The van der Waals surface area contributed by atoms with Crippen LogP contribution in [-0.2, 0) is 0 Å². The van der Waals surface area contributed by atoms with Gasteiger partial charge in [0.2, 0.25) is 0 Å². The van der Waals surface area contributed by atoms with Crippen LogP contribution in [0.4, 0.5) is 0 Å². The molecule has 0 spiro atoms. The predicted octanol–water partition coefficient (Wildman–Crippen LogP) is -0.439. The van der Waals surface area contributed by atoms with Gasteiger partial charge in [0, 0.05) is 13.2 Å². The summed E-state index contributed by atoms with van der Waals surface area (Å²) in [5.41, 5.74) is 8.60. The molecule has 0 bridgehead atoms. The standard InChI is InChI=1S/C7H16N4/c1-6(8)9-7(2)4-5-11(3)10-7/h4-6,9-10H,8H2,1-3H3. The lowest BCUT2D eigenvalue weighted by atomic mass is 10.2. The molecule has 1 aliphatic heterocycles. The van der Waals surface area contributed by atoms with E-state index in [0.717, 1.165) is 0 Å². The molecule has 0 aromatic carbocycles. The molecule has 11 heavy (non-hydrogen) atoms. The van der Waals surface area contributed by atoms with Crippen LogP contribution in [-0.4, -0.2) is 23.9 Å². The monoisotopic (exact) mass is 156 g/mol. The number of hydrogen-bond donors (Lipinski definition) is 3. The Bertz CT molecular complexity index is 166. The van der Waals surface area contributed by atoms with E-state index in [1.807, 2.05) is 38.2 Å². The van der Waals surface area contributed by atoms with Crippen molar-refractivity contribution in [2.45, 2.75) is 25.7 Å². The summed E-state index contributed by atoms with van der Waals surface area (Å²) < 4.78 is 0. The molecule has 4 heteroatoms. The maximum absolute atomic E-state index is 5.60. The molecular weight excluding hydrogens is 140 g/mol. The number of rotatable bonds is 2. The van der Waals surface area contributed by atoms with Crippen LogP contribution in [0.1, 0.15) is 13.8 Å². The van der Waals surface area contributed by atoms with Gasteiger partial charge in [-0.25, -0.2) is 5.43 Å². The van der Waals surface area contributed by atoms with Gasteiger partial charge in [0.25, 0.3) is 0 Å². The van der Waals surface area contributed by atoms with Crippen molar-refractivity contribution in [2.24, 2.45) is 5.73 Å². The molecule has 0 fully saturated rings. The second-order valence-electron chi connectivity index (χ2n) is 3.17. The summed E-state index contributed by atoms with van der Waals surface area (Å²) in [6.45, 7) is 3.95. The highest BCUT2D eigenvalue weighted by Crippen LogP contribution is 2.09. The Labute approximate surface area is 67.4 Å². The topological polar surface area (TPSA) is 53.3 Å². The lowest BCUT2D eigenvalue weighted by Gasteiger charge is -2.28. The van der Waals surface area contributed by atoms with E-state index in [1.165, 1.54) is 0 Å². The molecule has 2 unspecified atom stereocenters. The molecule has 4 nitrogen and oxygen atoms in total. The van der Waals surface area contributed by atoms with Crippen LogP contribution >= 0.6 is 0 Å². The Morgan fingerprint density at radius 3 is 2.73 bits per heavy atom. The van der Waals surface area contributed by atoms with Gasteiger partial charge < -0.3 is 10.7 Å². The molecule has 0 amide bonds. The zero-order valence-corrected chi connectivity index (χ0v) is 7.26. The minimum Gasteiger partial charge on any atom is -0.317 e. The first-order valence-electron chi connectivity index (χ1n) is 3.75. The largest absolute Gasteiger partial charge is 0.317 e. The van der Waals surface area contributed by atoms with Crippen LogP contribution in [0.25, 0.3) is 0 Å². The fraction of sp³-hybridized carbons (Fsp3) is 0.714. The molecule has 0 aromatic heterocycles. The number of nitrogens with zero attached hydrogens (tertiary/aromatic N) is 1. The van der Waals surface area contributed by atoms with E-state index in [9.17, 15) is 0 Å². The molecular formula is C7H16N4. The third-order valence-corrected chi connectivity index (χ3v) is 1.57. The lowest BCUT2D eigenvalue weighted by Crippen LogP contribution is -2.58. The Kier molecular flexibility index (Phi) is 2.17. The van der Waals surface area contributed by atoms with E-state index in [0.29, 0.717) is 0 Å². The maximum atomic E-state index is 5.60. The minimum atomic E-state index is -0.192. The molecule has 0 saturated heterocycles. The van der Waals surface area contributed by atoms with E-state index in [-0.39, 0.29) is 11.8 Å². The molecule has 2 atom stereocenters. The number of nitrogens with one attached hydrogen (secondary N) is 2. The molecule has 4 N–H and O–H groups in total. The van der Waals surface area contributed by atoms with Crippen molar-refractivity contribution in [3.63, 3.8) is 0 Å². The van der Waals surface area contributed by atoms with Crippen LogP contribution in [0, 0.1) is 0 Å². The molecule has 0 aliphatic carbocycles. The van der Waals surface area contributed by atoms with Crippen LogP contribution in [0.3, 0.4) is 0 Å². The zero-order chi connectivity index (χ0) is 8.48. The highest BCUT2D eigenvalue weighted by molar-refractivity contribution is 5.06. The predicted molar refractivity (Wildman–Crippen MR) is 45.2 cm³/mol. The summed E-state index contributed by atoms with van der Waals surface area (Å²) in [4.78, 5) is 0. The van der Waals surface area contributed by atoms with Gasteiger partial charge in [0.15, 0.2) is 0 Å². The van der Waals surface area contributed by atoms with Crippen molar-refractivity contribution in [3.05, 3.63) is 12.3 Å². The first-order chi connectivity index (χ1) is 5.02. The lowest BCUT2D eigenvalue weighted by molar-refractivity contribution is 0.218. The Balaban J connectivity index is 2.50. The fourth-order valence-corrected chi connectivity index (χ4v) is 1.26. The first-order valence-corrected chi connectivity index (χ1v) is 3.75. The number of nitrogens with two attached hydrogens (primary N) is 1. The van der Waals surface area contributed by atoms with Gasteiger partial charge in [0.1, 0.15) is 5.66 Å². The van der Waals surface area contributed by atoms with Gasteiger partial charge in [-0.1, -0.05) is 0 Å². The smallest absolute Gasteiger partial charge is 0.105 e. The van der Waals surface area contributed by atoms with Gasteiger partial charge in [-0.3, -0.25) is 5.32 Å². The summed E-state index contributed by atoms with van der Waals surface area (Å²) in [6.07, 6.45) is 4.00. The average Bonchev–Trinajstić information content (AvgIpc) is 2.08. The van der Waals surface area contributed by atoms with Crippen LogP contribution in [0.5, 0.6) is 0 Å². The Morgan fingerprint density at radius 1 is 1.73 bits per heavy atom. The molecule has 64 valence electrons. The minimum absolute atomic E-state index is 0.0105. The van der Waals surface area contributed by atoms with Gasteiger partial charge >= 0.3 is 0 Å². The van der Waals surface area contributed by atoms with Gasteiger partial charge in [-0.2, -0.15) is 0 Å². The third kappa shape index (κ3) is 2.18. The zero-order valence-electron chi connectivity index (χ0n) is 7.26. The normalized spacial score (nSPS) is 32.9. The van der Waals surface area contributed by atoms with Crippen LogP contribution in [0.2, 0.25) is 0 Å². The summed E-state index contributed by atoms with van der Waals surface area (Å²) in [6, 6.07) is 0. The van der Waals surface area contributed by atoms with E-state index < -0.39 is 0 Å². The van der Waals surface area contributed by atoms with Gasteiger partial charge in [-0.05, 0) is 19.9 Å². The van der Waals surface area contributed by atoms with Crippen molar-refractivity contribution in [1.82, 2.24) is 15.8 Å². The van der Waals surface area contributed by atoms with Gasteiger partial charge in [0.05, 0.1) is 6.17 Å².